The summed E-state index contributed by atoms with van der Waals surface area (Å²) in [6.07, 6.45) is 2.88. The number of aromatic hydroxyl groups is 1. The minimum absolute atomic E-state index is 0.135. The van der Waals surface area contributed by atoms with Crippen LogP contribution in [0.15, 0.2) is 36.4 Å². The molecule has 104 valence electrons. The smallest absolute Gasteiger partial charge is 0.116 e. The Balaban J connectivity index is 2.30. The fraction of sp³-hybridized carbons (Fsp3) is 0.389. The third kappa shape index (κ3) is 3.11. The third-order valence-corrected chi connectivity index (χ3v) is 4.06. The summed E-state index contributed by atoms with van der Waals surface area (Å²) in [5.41, 5.74) is 1.29. The van der Waals surface area contributed by atoms with Crippen molar-refractivity contribution < 1.29 is 5.11 Å². The molecule has 2 aromatic rings. The lowest BCUT2D eigenvalue weighted by atomic mass is 9.85. The molecule has 0 amide bonds. The average Bonchev–Trinajstić information content (AvgIpc) is 2.48. The van der Waals surface area contributed by atoms with Crippen LogP contribution >= 0.6 is 0 Å². The molecule has 1 N–H and O–H groups in total. The van der Waals surface area contributed by atoms with Crippen LogP contribution in [0.4, 0.5) is 0 Å². The first kappa shape index (κ1) is 14.4. The topological polar surface area (TPSA) is 44.0 Å². The molecule has 0 saturated carbocycles. The van der Waals surface area contributed by atoms with Gasteiger partial charge in [0.05, 0.1) is 6.07 Å². The largest absolute Gasteiger partial charge is 0.508 e. The summed E-state index contributed by atoms with van der Waals surface area (Å²) < 4.78 is 0. The number of hydrogen-bond donors (Lipinski definition) is 1. The Kier molecular flexibility index (Phi) is 4.63. The molecule has 0 fully saturated rings. The molecule has 0 aromatic heterocycles. The van der Waals surface area contributed by atoms with Gasteiger partial charge in [0.15, 0.2) is 0 Å². The molecule has 2 atom stereocenters. The van der Waals surface area contributed by atoms with E-state index in [1.165, 1.54) is 5.56 Å². The van der Waals surface area contributed by atoms with Crippen molar-refractivity contribution >= 4 is 10.8 Å². The van der Waals surface area contributed by atoms with Crippen LogP contribution in [0.3, 0.4) is 0 Å². The van der Waals surface area contributed by atoms with Crippen molar-refractivity contribution in [2.45, 2.75) is 39.0 Å². The summed E-state index contributed by atoms with van der Waals surface area (Å²) in [5, 5.41) is 20.8. The van der Waals surface area contributed by atoms with Gasteiger partial charge >= 0.3 is 0 Å². The number of phenols is 1. The third-order valence-electron chi connectivity index (χ3n) is 4.06. The first-order chi connectivity index (χ1) is 9.67. The van der Waals surface area contributed by atoms with Crippen LogP contribution in [0, 0.1) is 17.2 Å². The van der Waals surface area contributed by atoms with Crippen molar-refractivity contribution in [2.24, 2.45) is 5.92 Å². The highest BCUT2D eigenvalue weighted by Gasteiger charge is 2.15. The standard InChI is InChI=1S/C18H21NO/c1-3-13(12-19)9-14(4-2)15-5-6-17-11-18(20)8-7-16(17)10-15/h5-8,10-11,13-14,20H,3-4,9H2,1-2H3. The molecule has 0 aliphatic heterocycles. The van der Waals surface area contributed by atoms with Gasteiger partial charge in [0.1, 0.15) is 5.75 Å². The van der Waals surface area contributed by atoms with Gasteiger partial charge in [-0.2, -0.15) is 5.26 Å². The van der Waals surface area contributed by atoms with Crippen molar-refractivity contribution in [1.29, 1.82) is 5.26 Å². The van der Waals surface area contributed by atoms with Gasteiger partial charge in [-0.25, -0.2) is 0 Å². The highest BCUT2D eigenvalue weighted by molar-refractivity contribution is 5.84. The lowest BCUT2D eigenvalue weighted by Gasteiger charge is -2.18. The molecule has 0 spiro atoms. The molecule has 0 aliphatic carbocycles. The molecule has 0 aliphatic rings. The first-order valence-electron chi connectivity index (χ1n) is 7.30. The Hall–Kier alpha value is -2.01. The maximum Gasteiger partial charge on any atom is 0.116 e. The van der Waals surface area contributed by atoms with Crippen molar-refractivity contribution in [1.82, 2.24) is 0 Å². The molecule has 20 heavy (non-hydrogen) atoms. The van der Waals surface area contributed by atoms with E-state index in [1.807, 2.05) is 6.07 Å². The average molecular weight is 267 g/mol. The lowest BCUT2D eigenvalue weighted by Crippen LogP contribution is -2.05. The van der Waals surface area contributed by atoms with Crippen LogP contribution in [-0.2, 0) is 0 Å². The molecular weight excluding hydrogens is 246 g/mol. The molecule has 2 heteroatoms. The predicted octanol–water partition coefficient (Wildman–Crippen LogP) is 4.98. The van der Waals surface area contributed by atoms with Gasteiger partial charge in [-0.1, -0.05) is 38.1 Å². The van der Waals surface area contributed by atoms with E-state index in [0.717, 1.165) is 30.0 Å². The summed E-state index contributed by atoms with van der Waals surface area (Å²) in [4.78, 5) is 0. The monoisotopic (exact) mass is 267 g/mol. The minimum atomic E-state index is 0.135. The zero-order valence-corrected chi connectivity index (χ0v) is 12.1. The molecule has 0 heterocycles. The SMILES string of the molecule is CCC(C#N)CC(CC)c1ccc2cc(O)ccc2c1. The number of nitriles is 1. The van der Waals surface area contributed by atoms with Crippen molar-refractivity contribution in [3.8, 4) is 11.8 Å². The summed E-state index contributed by atoms with van der Waals surface area (Å²) in [5.74, 6) is 0.862. The first-order valence-corrected chi connectivity index (χ1v) is 7.30. The summed E-state index contributed by atoms with van der Waals surface area (Å²) in [6.45, 7) is 4.25. The summed E-state index contributed by atoms with van der Waals surface area (Å²) in [7, 11) is 0. The van der Waals surface area contributed by atoms with Crippen LogP contribution in [-0.4, -0.2) is 5.11 Å². The molecule has 2 rings (SSSR count). The van der Waals surface area contributed by atoms with Crippen molar-refractivity contribution in [3.05, 3.63) is 42.0 Å². The van der Waals surface area contributed by atoms with Crippen LogP contribution < -0.4 is 0 Å². The van der Waals surface area contributed by atoms with E-state index in [1.54, 1.807) is 12.1 Å². The Morgan fingerprint density at radius 2 is 1.75 bits per heavy atom. The fourth-order valence-electron chi connectivity index (χ4n) is 2.70. The van der Waals surface area contributed by atoms with E-state index >= 15 is 0 Å². The van der Waals surface area contributed by atoms with Crippen molar-refractivity contribution in [2.75, 3.05) is 0 Å². The van der Waals surface area contributed by atoms with E-state index in [-0.39, 0.29) is 5.92 Å². The molecule has 0 radical (unpaired) electrons. The highest BCUT2D eigenvalue weighted by Crippen LogP contribution is 2.31. The Morgan fingerprint density at radius 3 is 2.40 bits per heavy atom. The van der Waals surface area contributed by atoms with Crippen LogP contribution in [0.2, 0.25) is 0 Å². The zero-order chi connectivity index (χ0) is 14.5. The highest BCUT2D eigenvalue weighted by atomic mass is 16.3. The number of rotatable bonds is 5. The maximum atomic E-state index is 9.50. The molecule has 2 nitrogen and oxygen atoms in total. The maximum absolute atomic E-state index is 9.50. The van der Waals surface area contributed by atoms with Gasteiger partial charge in [-0.05, 0) is 53.6 Å². The second-order valence-corrected chi connectivity index (χ2v) is 5.37. The second kappa shape index (κ2) is 6.43. The van der Waals surface area contributed by atoms with Crippen LogP contribution in [0.5, 0.6) is 5.75 Å². The van der Waals surface area contributed by atoms with E-state index < -0.39 is 0 Å². The Labute approximate surface area is 120 Å². The Bertz CT molecular complexity index is 627. The van der Waals surface area contributed by atoms with E-state index in [2.05, 4.69) is 38.1 Å². The number of phenolic OH excluding ortho intramolecular Hbond substituents is 1. The van der Waals surface area contributed by atoms with Gasteiger partial charge in [0.25, 0.3) is 0 Å². The molecule has 0 bridgehead atoms. The van der Waals surface area contributed by atoms with Gasteiger partial charge in [0.2, 0.25) is 0 Å². The van der Waals surface area contributed by atoms with Crippen molar-refractivity contribution in [3.63, 3.8) is 0 Å². The van der Waals surface area contributed by atoms with Gasteiger partial charge in [-0.3, -0.25) is 0 Å². The van der Waals surface area contributed by atoms with E-state index in [0.29, 0.717) is 11.7 Å². The molecular formula is C18H21NO. The lowest BCUT2D eigenvalue weighted by molar-refractivity contribution is 0.476. The van der Waals surface area contributed by atoms with Gasteiger partial charge < -0.3 is 5.11 Å². The Morgan fingerprint density at radius 1 is 1.05 bits per heavy atom. The number of benzene rings is 2. The molecule has 2 unspecified atom stereocenters. The summed E-state index contributed by atoms with van der Waals surface area (Å²) in [6, 6.07) is 14.2. The fourth-order valence-corrected chi connectivity index (χ4v) is 2.70. The molecule has 2 aromatic carbocycles. The van der Waals surface area contributed by atoms with Gasteiger partial charge in [0, 0.05) is 5.92 Å². The quantitative estimate of drug-likeness (QED) is 0.830. The molecule has 0 saturated heterocycles. The van der Waals surface area contributed by atoms with Gasteiger partial charge in [-0.15, -0.1) is 0 Å². The minimum Gasteiger partial charge on any atom is -0.508 e. The van der Waals surface area contributed by atoms with Crippen LogP contribution in [0.25, 0.3) is 10.8 Å². The second-order valence-electron chi connectivity index (χ2n) is 5.37. The van der Waals surface area contributed by atoms with Crippen LogP contribution in [0.1, 0.15) is 44.6 Å². The number of nitrogens with zero attached hydrogens (tertiary/aromatic N) is 1. The van der Waals surface area contributed by atoms with E-state index in [9.17, 15) is 5.11 Å². The summed E-state index contributed by atoms with van der Waals surface area (Å²) >= 11 is 0. The number of fused-ring (bicyclic) bond motifs is 1. The zero-order valence-electron chi connectivity index (χ0n) is 12.1. The predicted molar refractivity (Wildman–Crippen MR) is 82.7 cm³/mol. The number of hydrogen-bond acceptors (Lipinski definition) is 2. The van der Waals surface area contributed by atoms with E-state index in [4.69, 9.17) is 5.26 Å². The normalized spacial score (nSPS) is 13.8.